The van der Waals surface area contributed by atoms with Gasteiger partial charge in [0.2, 0.25) is 0 Å². The molecule has 1 aliphatic heterocycles. The quantitative estimate of drug-likeness (QED) is 0.695. The first-order valence-electron chi connectivity index (χ1n) is 7.41. The van der Waals surface area contributed by atoms with Crippen LogP contribution in [0.4, 0.5) is 0 Å². The Bertz CT molecular complexity index is 439. The molecule has 1 rings (SSSR count). The van der Waals surface area contributed by atoms with Gasteiger partial charge in [-0.15, -0.1) is 0 Å². The van der Waals surface area contributed by atoms with E-state index >= 15 is 0 Å². The minimum absolute atomic E-state index is 0.0852. The van der Waals surface area contributed by atoms with Gasteiger partial charge < -0.3 is 10.0 Å². The Labute approximate surface area is 127 Å². The van der Waals surface area contributed by atoms with Crippen LogP contribution in [0.2, 0.25) is 0 Å². The van der Waals surface area contributed by atoms with Crippen molar-refractivity contribution in [2.24, 2.45) is 5.92 Å². The van der Waals surface area contributed by atoms with Gasteiger partial charge in [0.15, 0.2) is 0 Å². The van der Waals surface area contributed by atoms with Crippen LogP contribution in [0.3, 0.4) is 0 Å². The van der Waals surface area contributed by atoms with E-state index in [9.17, 15) is 13.2 Å². The van der Waals surface area contributed by atoms with E-state index in [-0.39, 0.29) is 6.54 Å². The summed E-state index contributed by atoms with van der Waals surface area (Å²) < 4.78 is 28.0. The molecule has 124 valence electrons. The molecule has 0 radical (unpaired) electrons. The van der Waals surface area contributed by atoms with E-state index < -0.39 is 22.1 Å². The third-order valence-electron chi connectivity index (χ3n) is 3.75. The molecule has 0 aliphatic carbocycles. The molecule has 1 fully saturated rings. The van der Waals surface area contributed by atoms with Crippen molar-refractivity contribution in [3.05, 3.63) is 0 Å². The number of carbonyl (C=O) groups is 1. The summed E-state index contributed by atoms with van der Waals surface area (Å²) in [5.41, 5.74) is 0. The van der Waals surface area contributed by atoms with Crippen LogP contribution in [-0.4, -0.2) is 79.8 Å². The second-order valence-corrected chi connectivity index (χ2v) is 7.62. The molecule has 1 heterocycles. The number of rotatable bonds is 8. The maximum atomic E-state index is 12.6. The lowest BCUT2D eigenvalue weighted by atomic mass is 10.0. The van der Waals surface area contributed by atoms with Crippen LogP contribution in [0.15, 0.2) is 0 Å². The van der Waals surface area contributed by atoms with Gasteiger partial charge in [0.05, 0.1) is 5.92 Å². The molecule has 0 spiro atoms. The minimum Gasteiger partial charge on any atom is -0.481 e. The minimum atomic E-state index is -3.55. The zero-order valence-electron chi connectivity index (χ0n) is 13.2. The molecule has 1 aliphatic rings. The summed E-state index contributed by atoms with van der Waals surface area (Å²) in [4.78, 5) is 13.1. The average molecular weight is 321 g/mol. The Kier molecular flexibility index (Phi) is 7.05. The fourth-order valence-electron chi connectivity index (χ4n) is 2.52. The largest absolute Gasteiger partial charge is 0.481 e. The maximum absolute atomic E-state index is 12.6. The Morgan fingerprint density at radius 1 is 1.33 bits per heavy atom. The van der Waals surface area contributed by atoms with Gasteiger partial charge in [0, 0.05) is 26.2 Å². The van der Waals surface area contributed by atoms with Crippen LogP contribution in [-0.2, 0) is 15.0 Å². The highest BCUT2D eigenvalue weighted by molar-refractivity contribution is 7.86. The highest BCUT2D eigenvalue weighted by Gasteiger charge is 2.35. The third-order valence-corrected chi connectivity index (χ3v) is 5.83. The second kappa shape index (κ2) is 8.07. The topological polar surface area (TPSA) is 81.2 Å². The molecule has 1 N–H and O–H groups in total. The van der Waals surface area contributed by atoms with E-state index in [1.807, 2.05) is 25.9 Å². The van der Waals surface area contributed by atoms with E-state index in [1.54, 1.807) is 0 Å². The number of carboxylic acids is 1. The first-order chi connectivity index (χ1) is 9.78. The summed E-state index contributed by atoms with van der Waals surface area (Å²) in [5.74, 6) is -1.50. The van der Waals surface area contributed by atoms with Gasteiger partial charge in [-0.3, -0.25) is 4.79 Å². The SMILES string of the molecule is CCN(CCCN(C)C)S(=O)(=O)N1CCCC(C(=O)O)C1. The highest BCUT2D eigenvalue weighted by atomic mass is 32.2. The van der Waals surface area contributed by atoms with Crippen molar-refractivity contribution >= 4 is 16.2 Å². The van der Waals surface area contributed by atoms with Gasteiger partial charge in [0.1, 0.15) is 0 Å². The number of carboxylic acid groups (broad SMARTS) is 1. The molecule has 1 atom stereocenters. The lowest BCUT2D eigenvalue weighted by molar-refractivity contribution is -0.142. The number of nitrogens with zero attached hydrogens (tertiary/aromatic N) is 3. The smallest absolute Gasteiger partial charge is 0.307 e. The molecule has 0 aromatic heterocycles. The second-order valence-electron chi connectivity index (χ2n) is 5.69. The van der Waals surface area contributed by atoms with E-state index in [2.05, 4.69) is 0 Å². The predicted octanol–water partition coefficient (Wildman–Crippen LogP) is 0.301. The fourth-order valence-corrected chi connectivity index (χ4v) is 4.26. The van der Waals surface area contributed by atoms with Gasteiger partial charge in [0.25, 0.3) is 10.2 Å². The summed E-state index contributed by atoms with van der Waals surface area (Å²) in [7, 11) is 0.349. The van der Waals surface area contributed by atoms with Crippen LogP contribution < -0.4 is 0 Å². The molecule has 0 aromatic carbocycles. The number of aliphatic carboxylic acids is 1. The van der Waals surface area contributed by atoms with Gasteiger partial charge in [-0.1, -0.05) is 6.92 Å². The summed E-state index contributed by atoms with van der Waals surface area (Å²) in [6.45, 7) is 4.00. The Balaban J connectivity index is 2.69. The van der Waals surface area contributed by atoms with Crippen LogP contribution in [0.1, 0.15) is 26.2 Å². The van der Waals surface area contributed by atoms with E-state index in [0.29, 0.717) is 32.5 Å². The van der Waals surface area contributed by atoms with Crippen molar-refractivity contribution < 1.29 is 18.3 Å². The summed E-state index contributed by atoms with van der Waals surface area (Å²) in [6, 6.07) is 0. The van der Waals surface area contributed by atoms with Crippen LogP contribution in [0.5, 0.6) is 0 Å². The Morgan fingerprint density at radius 3 is 2.52 bits per heavy atom. The maximum Gasteiger partial charge on any atom is 0.307 e. The molecule has 1 unspecified atom stereocenters. The molecule has 0 bridgehead atoms. The normalized spacial score (nSPS) is 21.1. The molecule has 21 heavy (non-hydrogen) atoms. The fraction of sp³-hybridized carbons (Fsp3) is 0.923. The van der Waals surface area contributed by atoms with Crippen molar-refractivity contribution in [1.82, 2.24) is 13.5 Å². The highest BCUT2D eigenvalue weighted by Crippen LogP contribution is 2.21. The van der Waals surface area contributed by atoms with Gasteiger partial charge >= 0.3 is 5.97 Å². The monoisotopic (exact) mass is 321 g/mol. The lowest BCUT2D eigenvalue weighted by Crippen LogP contribution is -2.49. The third kappa shape index (κ3) is 5.21. The van der Waals surface area contributed by atoms with E-state index in [0.717, 1.165) is 13.0 Å². The molecule has 0 amide bonds. The molecule has 7 nitrogen and oxygen atoms in total. The van der Waals surface area contributed by atoms with Crippen molar-refractivity contribution in [2.75, 3.05) is 46.8 Å². The Morgan fingerprint density at radius 2 is 2.00 bits per heavy atom. The first-order valence-corrected chi connectivity index (χ1v) is 8.81. The van der Waals surface area contributed by atoms with Crippen LogP contribution in [0, 0.1) is 5.92 Å². The molecule has 0 saturated carbocycles. The molecule has 0 aromatic rings. The van der Waals surface area contributed by atoms with Gasteiger partial charge in [-0.25, -0.2) is 0 Å². The molecular formula is C13H27N3O4S. The summed E-state index contributed by atoms with van der Waals surface area (Å²) >= 11 is 0. The van der Waals surface area contributed by atoms with E-state index in [1.165, 1.54) is 8.61 Å². The van der Waals surface area contributed by atoms with Crippen molar-refractivity contribution in [1.29, 1.82) is 0 Å². The predicted molar refractivity (Wildman–Crippen MR) is 81.3 cm³/mol. The zero-order chi connectivity index (χ0) is 16.0. The molecular weight excluding hydrogens is 294 g/mol. The van der Waals surface area contributed by atoms with E-state index in [4.69, 9.17) is 5.11 Å². The zero-order valence-corrected chi connectivity index (χ0v) is 14.0. The average Bonchev–Trinajstić information content (AvgIpc) is 2.43. The van der Waals surface area contributed by atoms with Crippen LogP contribution >= 0.6 is 0 Å². The van der Waals surface area contributed by atoms with Crippen LogP contribution in [0.25, 0.3) is 0 Å². The summed E-state index contributed by atoms with van der Waals surface area (Å²) in [5, 5.41) is 9.08. The number of piperidine rings is 1. The first kappa shape index (κ1) is 18.3. The summed E-state index contributed by atoms with van der Waals surface area (Å²) in [6.07, 6.45) is 1.91. The van der Waals surface area contributed by atoms with Crippen molar-refractivity contribution in [3.63, 3.8) is 0 Å². The molecule has 1 saturated heterocycles. The number of hydrogen-bond acceptors (Lipinski definition) is 4. The van der Waals surface area contributed by atoms with Crippen molar-refractivity contribution in [2.45, 2.75) is 26.2 Å². The van der Waals surface area contributed by atoms with Crippen molar-refractivity contribution in [3.8, 4) is 0 Å². The van der Waals surface area contributed by atoms with Gasteiger partial charge in [-0.2, -0.15) is 17.0 Å². The van der Waals surface area contributed by atoms with Gasteiger partial charge in [-0.05, 0) is 39.9 Å². The standard InChI is InChI=1S/C13H27N3O4S/c1-4-15(10-6-8-14(2)3)21(19,20)16-9-5-7-12(11-16)13(17)18/h12H,4-11H2,1-3H3,(H,17,18). The molecule has 8 heteroatoms. The lowest BCUT2D eigenvalue weighted by Gasteiger charge is -2.34. The number of hydrogen-bond donors (Lipinski definition) is 1. The Hall–Kier alpha value is -0.700.